The Hall–Kier alpha value is -3.54. The number of halogens is 2. The largest absolute Gasteiger partial charge is 0.347 e. The number of hydrogen-bond acceptors (Lipinski definition) is 6. The molecule has 0 amide bonds. The molecular formula is C22H16ClFN6O. The molecule has 0 unspecified atom stereocenters. The average Bonchev–Trinajstić information content (AvgIpc) is 3.44. The molecule has 2 aromatic heterocycles. The number of aromatic nitrogens is 4. The third-order valence-corrected chi connectivity index (χ3v) is 5.63. The first-order chi connectivity index (χ1) is 15.1. The van der Waals surface area contributed by atoms with Crippen molar-refractivity contribution in [3.05, 3.63) is 88.0 Å². The highest BCUT2D eigenvalue weighted by Crippen LogP contribution is 2.33. The van der Waals surface area contributed by atoms with E-state index in [1.165, 1.54) is 12.1 Å². The first-order valence-electron chi connectivity index (χ1n) is 9.64. The Labute approximate surface area is 182 Å². The minimum absolute atomic E-state index is 0.00156. The van der Waals surface area contributed by atoms with Crippen LogP contribution >= 0.6 is 11.6 Å². The highest BCUT2D eigenvalue weighted by molar-refractivity contribution is 6.31. The first kappa shape index (κ1) is 19.4. The maximum Gasteiger partial charge on any atom is 0.244 e. The Morgan fingerprint density at radius 3 is 3.03 bits per heavy atom. The van der Waals surface area contributed by atoms with Gasteiger partial charge in [-0.25, -0.2) is 9.37 Å². The van der Waals surface area contributed by atoms with E-state index in [2.05, 4.69) is 31.1 Å². The summed E-state index contributed by atoms with van der Waals surface area (Å²) < 4.78 is 19.1. The molecule has 31 heavy (non-hydrogen) atoms. The van der Waals surface area contributed by atoms with E-state index in [1.54, 1.807) is 18.5 Å². The van der Waals surface area contributed by atoms with E-state index in [4.69, 9.17) is 16.1 Å². The summed E-state index contributed by atoms with van der Waals surface area (Å²) in [6.07, 6.45) is 2.28. The molecule has 0 radical (unpaired) electrons. The van der Waals surface area contributed by atoms with Gasteiger partial charge in [0.1, 0.15) is 5.82 Å². The summed E-state index contributed by atoms with van der Waals surface area (Å²) >= 11 is 5.90. The summed E-state index contributed by atoms with van der Waals surface area (Å²) in [5, 5.41) is 13.3. The molecule has 0 bridgehead atoms. The van der Waals surface area contributed by atoms with Gasteiger partial charge in [0.25, 0.3) is 0 Å². The second-order valence-electron chi connectivity index (χ2n) is 7.35. The summed E-state index contributed by atoms with van der Waals surface area (Å²) in [5.74, 6) is 0.287. The van der Waals surface area contributed by atoms with Crippen molar-refractivity contribution in [1.82, 2.24) is 25.0 Å². The van der Waals surface area contributed by atoms with Crippen LogP contribution in [0.15, 0.2) is 53.3 Å². The SMILES string of the molecule is N#Cc1cccc(CN2Cc3[nH]cnc3C[C@H]2c2nc(-c3ccc(F)c(Cl)c3)no2)c1. The topological polar surface area (TPSA) is 94.6 Å². The maximum atomic E-state index is 13.5. The van der Waals surface area contributed by atoms with Crippen molar-refractivity contribution in [3.63, 3.8) is 0 Å². The van der Waals surface area contributed by atoms with Gasteiger partial charge in [-0.3, -0.25) is 4.90 Å². The van der Waals surface area contributed by atoms with Gasteiger partial charge in [0.05, 0.1) is 40.4 Å². The molecule has 0 saturated carbocycles. The molecule has 154 valence electrons. The van der Waals surface area contributed by atoms with Crippen LogP contribution in [-0.4, -0.2) is 25.0 Å². The third kappa shape index (κ3) is 3.81. The zero-order chi connectivity index (χ0) is 21.4. The molecule has 2 aromatic carbocycles. The van der Waals surface area contributed by atoms with Crippen molar-refractivity contribution in [2.75, 3.05) is 0 Å². The molecule has 1 N–H and O–H groups in total. The Morgan fingerprint density at radius 2 is 2.19 bits per heavy atom. The van der Waals surface area contributed by atoms with Crippen molar-refractivity contribution in [2.45, 2.75) is 25.6 Å². The lowest BCUT2D eigenvalue weighted by atomic mass is 10.0. The summed E-state index contributed by atoms with van der Waals surface area (Å²) in [6.45, 7) is 1.22. The summed E-state index contributed by atoms with van der Waals surface area (Å²) in [7, 11) is 0. The molecule has 0 aliphatic carbocycles. The Morgan fingerprint density at radius 1 is 1.29 bits per heavy atom. The number of fused-ring (bicyclic) bond motifs is 1. The van der Waals surface area contributed by atoms with Crippen LogP contribution in [0, 0.1) is 17.1 Å². The molecular weight excluding hydrogens is 419 g/mol. The van der Waals surface area contributed by atoms with Crippen molar-refractivity contribution in [1.29, 1.82) is 5.26 Å². The lowest BCUT2D eigenvalue weighted by Gasteiger charge is -2.32. The van der Waals surface area contributed by atoms with Gasteiger partial charge in [0.15, 0.2) is 0 Å². The lowest BCUT2D eigenvalue weighted by molar-refractivity contribution is 0.128. The predicted molar refractivity (Wildman–Crippen MR) is 110 cm³/mol. The van der Waals surface area contributed by atoms with E-state index in [0.717, 1.165) is 17.0 Å². The van der Waals surface area contributed by atoms with Crippen LogP contribution in [0.4, 0.5) is 4.39 Å². The van der Waals surface area contributed by atoms with Gasteiger partial charge < -0.3 is 9.51 Å². The van der Waals surface area contributed by atoms with Gasteiger partial charge in [-0.1, -0.05) is 28.9 Å². The Bertz CT molecular complexity index is 1290. The molecule has 9 heteroatoms. The van der Waals surface area contributed by atoms with E-state index in [9.17, 15) is 9.65 Å². The fourth-order valence-corrected chi connectivity index (χ4v) is 3.97. The van der Waals surface area contributed by atoms with Gasteiger partial charge >= 0.3 is 0 Å². The van der Waals surface area contributed by atoms with Gasteiger partial charge in [-0.15, -0.1) is 0 Å². The maximum absolute atomic E-state index is 13.5. The predicted octanol–water partition coefficient (Wildman–Crippen LogP) is 4.42. The molecule has 0 fully saturated rings. The van der Waals surface area contributed by atoms with Gasteiger partial charge in [0, 0.05) is 25.1 Å². The quantitative estimate of drug-likeness (QED) is 0.510. The zero-order valence-electron chi connectivity index (χ0n) is 16.2. The number of H-pyrrole nitrogens is 1. The van der Waals surface area contributed by atoms with Crippen LogP contribution in [0.3, 0.4) is 0 Å². The van der Waals surface area contributed by atoms with Crippen LogP contribution in [-0.2, 0) is 19.5 Å². The van der Waals surface area contributed by atoms with Gasteiger partial charge in [-0.05, 0) is 35.9 Å². The van der Waals surface area contributed by atoms with E-state index < -0.39 is 5.82 Å². The second-order valence-corrected chi connectivity index (χ2v) is 7.76. The van der Waals surface area contributed by atoms with Crippen LogP contribution in [0.5, 0.6) is 0 Å². The van der Waals surface area contributed by atoms with Crippen molar-refractivity contribution < 1.29 is 8.91 Å². The van der Waals surface area contributed by atoms with Gasteiger partial charge in [0.2, 0.25) is 11.7 Å². The summed E-state index contributed by atoms with van der Waals surface area (Å²) in [4.78, 5) is 14.4. The number of rotatable bonds is 4. The summed E-state index contributed by atoms with van der Waals surface area (Å²) in [5.41, 5.74) is 4.19. The van der Waals surface area contributed by atoms with Crippen molar-refractivity contribution in [2.24, 2.45) is 0 Å². The number of nitrogens with one attached hydrogen (secondary N) is 1. The molecule has 0 saturated heterocycles. The molecule has 1 aliphatic heterocycles. The highest BCUT2D eigenvalue weighted by atomic mass is 35.5. The molecule has 1 aliphatic rings. The molecule has 4 aromatic rings. The number of nitrogens with zero attached hydrogens (tertiary/aromatic N) is 5. The van der Waals surface area contributed by atoms with E-state index >= 15 is 0 Å². The molecule has 7 nitrogen and oxygen atoms in total. The number of nitriles is 1. The standard InChI is InChI=1S/C22H16ClFN6O/c23-16-7-15(4-5-17(16)24)21-28-22(31-29-21)20-8-18-19(27-12-26-18)11-30(20)10-14-3-1-2-13(6-14)9-25/h1-7,12,20H,8,10-11H2,(H,26,27)/t20-/m0/s1. The Kier molecular flexibility index (Phi) is 4.98. The third-order valence-electron chi connectivity index (χ3n) is 5.34. The molecule has 3 heterocycles. The van der Waals surface area contributed by atoms with Crippen molar-refractivity contribution >= 4 is 11.6 Å². The molecule has 0 spiro atoms. The lowest BCUT2D eigenvalue weighted by Crippen LogP contribution is -2.34. The van der Waals surface area contributed by atoms with Gasteiger partial charge in [-0.2, -0.15) is 10.2 Å². The minimum atomic E-state index is -0.502. The van der Waals surface area contributed by atoms with E-state index in [0.29, 0.717) is 42.4 Å². The van der Waals surface area contributed by atoms with Crippen molar-refractivity contribution in [3.8, 4) is 17.5 Å². The first-order valence-corrected chi connectivity index (χ1v) is 10.0. The number of benzene rings is 2. The molecule has 1 atom stereocenters. The Balaban J connectivity index is 1.47. The fourth-order valence-electron chi connectivity index (χ4n) is 3.79. The van der Waals surface area contributed by atoms with Crippen LogP contribution < -0.4 is 0 Å². The number of hydrogen-bond donors (Lipinski definition) is 1. The monoisotopic (exact) mass is 434 g/mol. The molecule has 5 rings (SSSR count). The van der Waals surface area contributed by atoms with Crippen LogP contribution in [0.2, 0.25) is 5.02 Å². The average molecular weight is 435 g/mol. The summed E-state index contributed by atoms with van der Waals surface area (Å²) in [6, 6.07) is 13.8. The van der Waals surface area contributed by atoms with E-state index in [-0.39, 0.29) is 11.1 Å². The highest BCUT2D eigenvalue weighted by Gasteiger charge is 2.33. The van der Waals surface area contributed by atoms with Crippen LogP contribution in [0.1, 0.15) is 34.4 Å². The van der Waals surface area contributed by atoms with E-state index in [1.807, 2.05) is 18.2 Å². The minimum Gasteiger partial charge on any atom is -0.347 e. The smallest absolute Gasteiger partial charge is 0.244 e. The normalized spacial score (nSPS) is 16.1. The van der Waals surface area contributed by atoms with Crippen LogP contribution in [0.25, 0.3) is 11.4 Å². The zero-order valence-corrected chi connectivity index (χ0v) is 17.0. The number of aromatic amines is 1. The fraction of sp³-hybridized carbons (Fsp3) is 0.182. The second kappa shape index (κ2) is 7.95. The number of imidazole rings is 1.